The second-order valence-corrected chi connectivity index (χ2v) is 7.59. The SMILES string of the molecule is Cc1ccc(=O)c2c(Nc3ccccc3)c(-c3ccnc(CNS(=O)[O-])c3)[nH]c2c1. The minimum Gasteiger partial charge on any atom is -0.760 e. The number of para-hydroxylation sites is 1. The molecule has 4 rings (SSSR count). The highest BCUT2D eigenvalue weighted by molar-refractivity contribution is 7.77. The predicted octanol–water partition coefficient (Wildman–Crippen LogP) is 3.53. The Morgan fingerprint density at radius 1 is 1.10 bits per heavy atom. The van der Waals surface area contributed by atoms with Gasteiger partial charge in [0.1, 0.15) is 0 Å². The van der Waals surface area contributed by atoms with Gasteiger partial charge < -0.3 is 14.9 Å². The van der Waals surface area contributed by atoms with Gasteiger partial charge in [-0.1, -0.05) is 24.3 Å². The number of aromatic nitrogens is 2. The average molecular weight is 419 g/mol. The highest BCUT2D eigenvalue weighted by Crippen LogP contribution is 2.35. The Morgan fingerprint density at radius 3 is 2.67 bits per heavy atom. The topological polar surface area (TPSA) is 110 Å². The molecule has 30 heavy (non-hydrogen) atoms. The third kappa shape index (κ3) is 4.30. The zero-order valence-corrected chi connectivity index (χ0v) is 17.0. The third-order valence-corrected chi connectivity index (χ3v) is 5.04. The van der Waals surface area contributed by atoms with Crippen molar-refractivity contribution in [1.82, 2.24) is 14.7 Å². The fraction of sp³-hybridized carbons (Fsp3) is 0.0909. The Hall–Kier alpha value is -3.33. The fourth-order valence-corrected chi connectivity index (χ4v) is 3.59. The number of hydrogen-bond acceptors (Lipinski definition) is 5. The Morgan fingerprint density at radius 2 is 1.90 bits per heavy atom. The van der Waals surface area contributed by atoms with Gasteiger partial charge in [-0.3, -0.25) is 14.0 Å². The zero-order valence-electron chi connectivity index (χ0n) is 16.1. The number of rotatable bonds is 6. The maximum absolute atomic E-state index is 12.9. The van der Waals surface area contributed by atoms with E-state index < -0.39 is 11.3 Å². The lowest BCUT2D eigenvalue weighted by Gasteiger charge is -2.10. The molecule has 2 aromatic heterocycles. The first-order valence-electron chi connectivity index (χ1n) is 9.28. The number of nitrogens with one attached hydrogen (secondary N) is 3. The molecule has 0 amide bonds. The summed E-state index contributed by atoms with van der Waals surface area (Å²) in [5, 5.41) is 3.93. The number of nitrogens with zero attached hydrogens (tertiary/aromatic N) is 1. The molecule has 1 atom stereocenters. The van der Waals surface area contributed by atoms with Gasteiger partial charge in [-0.15, -0.1) is 0 Å². The van der Waals surface area contributed by atoms with Crippen LogP contribution in [0.15, 0.2) is 71.7 Å². The summed E-state index contributed by atoms with van der Waals surface area (Å²) in [5.74, 6) is 0. The van der Waals surface area contributed by atoms with Crippen LogP contribution in [0, 0.1) is 6.92 Å². The van der Waals surface area contributed by atoms with Gasteiger partial charge in [0, 0.05) is 35.3 Å². The molecule has 0 saturated carbocycles. The average Bonchev–Trinajstić information content (AvgIpc) is 3.01. The van der Waals surface area contributed by atoms with E-state index in [9.17, 15) is 13.6 Å². The summed E-state index contributed by atoms with van der Waals surface area (Å²) in [6.07, 6.45) is 1.61. The molecular weight excluding hydrogens is 400 g/mol. The van der Waals surface area contributed by atoms with Gasteiger partial charge in [0.05, 0.1) is 28.0 Å². The first-order chi connectivity index (χ1) is 14.5. The van der Waals surface area contributed by atoms with Crippen molar-refractivity contribution in [1.29, 1.82) is 0 Å². The number of H-pyrrole nitrogens is 1. The highest BCUT2D eigenvalue weighted by atomic mass is 32.2. The number of aromatic amines is 1. The largest absolute Gasteiger partial charge is 0.760 e. The van der Waals surface area contributed by atoms with Crippen LogP contribution in [0.1, 0.15) is 11.3 Å². The monoisotopic (exact) mass is 419 g/mol. The van der Waals surface area contributed by atoms with Gasteiger partial charge in [-0.25, -0.2) is 4.72 Å². The van der Waals surface area contributed by atoms with E-state index >= 15 is 0 Å². The van der Waals surface area contributed by atoms with Crippen LogP contribution < -0.4 is 15.5 Å². The maximum atomic E-state index is 12.9. The van der Waals surface area contributed by atoms with Crippen molar-refractivity contribution in [2.45, 2.75) is 13.5 Å². The fourth-order valence-electron chi connectivity index (χ4n) is 3.32. The Kier molecular flexibility index (Phi) is 5.71. The summed E-state index contributed by atoms with van der Waals surface area (Å²) in [7, 11) is 0. The van der Waals surface area contributed by atoms with Crippen LogP contribution in [0.4, 0.5) is 11.4 Å². The van der Waals surface area contributed by atoms with Crippen molar-refractivity contribution in [3.63, 3.8) is 0 Å². The van der Waals surface area contributed by atoms with E-state index in [2.05, 4.69) is 20.0 Å². The molecule has 8 heteroatoms. The second-order valence-electron chi connectivity index (χ2n) is 6.83. The molecule has 0 bridgehead atoms. The molecule has 0 aliphatic rings. The molecule has 0 fully saturated rings. The zero-order chi connectivity index (χ0) is 21.1. The van der Waals surface area contributed by atoms with Gasteiger partial charge in [-0.2, -0.15) is 0 Å². The van der Waals surface area contributed by atoms with E-state index in [-0.39, 0.29) is 12.0 Å². The van der Waals surface area contributed by atoms with E-state index in [4.69, 9.17) is 0 Å². The molecule has 2 aromatic carbocycles. The molecule has 0 radical (unpaired) electrons. The van der Waals surface area contributed by atoms with E-state index in [1.807, 2.05) is 49.4 Å². The molecule has 7 nitrogen and oxygen atoms in total. The minimum absolute atomic E-state index is 0.0759. The lowest BCUT2D eigenvalue weighted by Crippen LogP contribution is -2.16. The van der Waals surface area contributed by atoms with E-state index in [1.165, 1.54) is 0 Å². The van der Waals surface area contributed by atoms with Gasteiger partial charge in [-0.05, 0) is 48.9 Å². The van der Waals surface area contributed by atoms with E-state index in [0.717, 1.165) is 22.5 Å². The van der Waals surface area contributed by atoms with Crippen LogP contribution >= 0.6 is 0 Å². The number of anilines is 2. The molecule has 152 valence electrons. The summed E-state index contributed by atoms with van der Waals surface area (Å²) in [4.78, 5) is 20.5. The number of pyridine rings is 1. The smallest absolute Gasteiger partial charge is 0.190 e. The lowest BCUT2D eigenvalue weighted by atomic mass is 10.1. The maximum Gasteiger partial charge on any atom is 0.190 e. The molecule has 0 aliphatic heterocycles. The molecular formula is C22H19N4O3S-. The third-order valence-electron chi connectivity index (χ3n) is 4.66. The minimum atomic E-state index is -2.37. The molecule has 0 saturated heterocycles. The molecule has 2 heterocycles. The van der Waals surface area contributed by atoms with Crippen molar-refractivity contribution >= 4 is 33.5 Å². The molecule has 1 unspecified atom stereocenters. The van der Waals surface area contributed by atoms with Crippen LogP contribution in [0.5, 0.6) is 0 Å². The summed E-state index contributed by atoms with van der Waals surface area (Å²) in [5.41, 5.74) is 5.15. The van der Waals surface area contributed by atoms with Gasteiger partial charge in [0.2, 0.25) is 0 Å². The van der Waals surface area contributed by atoms with Gasteiger partial charge in [0.25, 0.3) is 0 Å². The lowest BCUT2D eigenvalue weighted by molar-refractivity contribution is 0.522. The first kappa shape index (κ1) is 20.0. The quantitative estimate of drug-likeness (QED) is 0.414. The van der Waals surface area contributed by atoms with Crippen molar-refractivity contribution in [3.05, 3.63) is 88.3 Å². The van der Waals surface area contributed by atoms with Crippen LogP contribution in [0.25, 0.3) is 22.2 Å². The second kappa shape index (κ2) is 8.58. The molecule has 0 aliphatic carbocycles. The van der Waals surface area contributed by atoms with Gasteiger partial charge in [0.15, 0.2) is 5.43 Å². The van der Waals surface area contributed by atoms with Crippen molar-refractivity contribution in [2.24, 2.45) is 0 Å². The van der Waals surface area contributed by atoms with Crippen molar-refractivity contribution in [2.75, 3.05) is 5.32 Å². The molecule has 3 N–H and O–H groups in total. The Labute approximate surface area is 175 Å². The van der Waals surface area contributed by atoms with Crippen molar-refractivity contribution in [3.8, 4) is 11.3 Å². The van der Waals surface area contributed by atoms with Gasteiger partial charge >= 0.3 is 0 Å². The predicted molar refractivity (Wildman–Crippen MR) is 118 cm³/mol. The normalized spacial score (nSPS) is 12.1. The molecule has 0 spiro atoms. The summed E-state index contributed by atoms with van der Waals surface area (Å²) in [6.45, 7) is 2.01. The van der Waals surface area contributed by atoms with Crippen molar-refractivity contribution < 1.29 is 8.76 Å². The summed E-state index contributed by atoms with van der Waals surface area (Å²) in [6, 6.07) is 18.5. The number of fused-ring (bicyclic) bond motifs is 1. The number of benzene rings is 1. The number of hydrogen-bond donors (Lipinski definition) is 3. The van der Waals surface area contributed by atoms with Crippen LogP contribution in [0.3, 0.4) is 0 Å². The Balaban J connectivity index is 1.90. The standard InChI is InChI=1S/C22H20N4O3S/c1-14-7-8-19(27)20-18(11-14)26-21(22(20)25-16-5-3-2-4-6-16)15-9-10-23-17(12-15)13-24-30(28)29/h2-12,24-26H,13H2,1H3,(H,28,29)/p-1. The molecule has 4 aromatic rings. The Bertz CT molecular complexity index is 1290. The van der Waals surface area contributed by atoms with E-state index in [0.29, 0.717) is 22.3 Å². The first-order valence-corrected chi connectivity index (χ1v) is 10.4. The highest BCUT2D eigenvalue weighted by Gasteiger charge is 2.16. The van der Waals surface area contributed by atoms with Crippen LogP contribution in [-0.4, -0.2) is 18.7 Å². The van der Waals surface area contributed by atoms with Crippen LogP contribution in [-0.2, 0) is 17.8 Å². The number of aryl methyl sites for hydroxylation is 1. The van der Waals surface area contributed by atoms with E-state index in [1.54, 1.807) is 24.4 Å². The van der Waals surface area contributed by atoms with Crippen LogP contribution in [0.2, 0.25) is 0 Å². The summed E-state index contributed by atoms with van der Waals surface area (Å²) < 4.78 is 23.9. The summed E-state index contributed by atoms with van der Waals surface area (Å²) >= 11 is -2.37.